The van der Waals surface area contributed by atoms with Gasteiger partial charge in [0.15, 0.2) is 0 Å². The number of hydrogen-bond donors (Lipinski definition) is 1. The molecule has 0 heterocycles. The molecule has 0 saturated heterocycles. The molecule has 0 bridgehead atoms. The number of alkyl carbamates (subject to hydrolysis) is 1. The third kappa shape index (κ3) is 12.6. The molecule has 0 spiro atoms. The van der Waals surface area contributed by atoms with Crippen LogP contribution in [0.4, 0.5) is 4.79 Å². The molecule has 2 aromatic carbocycles. The Kier molecular flexibility index (Phi) is 12.5. The molecule has 34 heavy (non-hydrogen) atoms. The van der Waals surface area contributed by atoms with Crippen LogP contribution in [-0.2, 0) is 20.8 Å². The van der Waals surface area contributed by atoms with Crippen LogP contribution in [0.1, 0.15) is 70.5 Å². The van der Waals surface area contributed by atoms with Crippen molar-refractivity contribution in [2.24, 2.45) is 0 Å². The predicted molar refractivity (Wildman–Crippen MR) is 135 cm³/mol. The number of ether oxygens (including phenoxy) is 4. The zero-order chi connectivity index (χ0) is 24.7. The van der Waals surface area contributed by atoms with Crippen LogP contribution in [0.2, 0.25) is 0 Å². The third-order valence-electron chi connectivity index (χ3n) is 5.03. The van der Waals surface area contributed by atoms with E-state index in [1.54, 1.807) is 0 Å². The number of carbonyl (C=O) groups is 1. The molecular weight excluding hydrogens is 430 g/mol. The summed E-state index contributed by atoms with van der Waals surface area (Å²) in [5.41, 5.74) is 1.65. The van der Waals surface area contributed by atoms with E-state index in [1.165, 1.54) is 5.56 Å². The van der Waals surface area contributed by atoms with E-state index in [-0.39, 0.29) is 6.04 Å². The van der Waals surface area contributed by atoms with Gasteiger partial charge in [-0.05, 0) is 70.2 Å². The fraction of sp³-hybridized carbons (Fsp3) is 0.536. The van der Waals surface area contributed by atoms with Gasteiger partial charge >= 0.3 is 6.09 Å². The van der Waals surface area contributed by atoms with E-state index >= 15 is 0 Å². The fourth-order valence-electron chi connectivity index (χ4n) is 3.28. The molecule has 0 aromatic heterocycles. The van der Waals surface area contributed by atoms with Gasteiger partial charge in [0.2, 0.25) is 0 Å². The molecule has 2 rings (SSSR count). The molecule has 0 unspecified atom stereocenters. The molecule has 1 N–H and O–H groups in total. The Morgan fingerprint density at radius 2 is 1.56 bits per heavy atom. The lowest BCUT2D eigenvalue weighted by Crippen LogP contribution is -2.34. The first kappa shape index (κ1) is 27.7. The highest BCUT2D eigenvalue weighted by Crippen LogP contribution is 2.20. The Morgan fingerprint density at radius 1 is 0.853 bits per heavy atom. The topological polar surface area (TPSA) is 66.0 Å². The fourth-order valence-corrected chi connectivity index (χ4v) is 3.28. The number of hydrogen-bond acceptors (Lipinski definition) is 5. The Hall–Kier alpha value is -2.57. The summed E-state index contributed by atoms with van der Waals surface area (Å²) in [4.78, 5) is 12.0. The predicted octanol–water partition coefficient (Wildman–Crippen LogP) is 6.44. The Morgan fingerprint density at radius 3 is 2.29 bits per heavy atom. The van der Waals surface area contributed by atoms with Gasteiger partial charge in [-0.1, -0.05) is 48.9 Å². The van der Waals surface area contributed by atoms with Gasteiger partial charge in [0.1, 0.15) is 11.4 Å². The lowest BCUT2D eigenvalue weighted by Gasteiger charge is -2.22. The van der Waals surface area contributed by atoms with Gasteiger partial charge in [-0.25, -0.2) is 4.79 Å². The van der Waals surface area contributed by atoms with Gasteiger partial charge in [0, 0.05) is 6.61 Å². The van der Waals surface area contributed by atoms with Crippen molar-refractivity contribution in [2.45, 2.75) is 71.6 Å². The summed E-state index contributed by atoms with van der Waals surface area (Å²) < 4.78 is 22.5. The molecule has 6 heteroatoms. The molecule has 6 nitrogen and oxygen atoms in total. The molecule has 2 aromatic rings. The van der Waals surface area contributed by atoms with E-state index in [4.69, 9.17) is 18.9 Å². The first-order valence-electron chi connectivity index (χ1n) is 12.3. The number of nitrogens with one attached hydrogen (secondary N) is 1. The van der Waals surface area contributed by atoms with E-state index in [0.717, 1.165) is 43.6 Å². The van der Waals surface area contributed by atoms with Gasteiger partial charge < -0.3 is 24.3 Å². The molecule has 188 valence electrons. The van der Waals surface area contributed by atoms with Crippen molar-refractivity contribution in [2.75, 3.05) is 26.4 Å². The lowest BCUT2D eigenvalue weighted by molar-refractivity contribution is 0.0392. The molecule has 0 fully saturated rings. The van der Waals surface area contributed by atoms with Crippen LogP contribution in [0.15, 0.2) is 54.6 Å². The van der Waals surface area contributed by atoms with Crippen molar-refractivity contribution in [1.29, 1.82) is 0 Å². The first-order valence-corrected chi connectivity index (χ1v) is 12.3. The third-order valence-corrected chi connectivity index (χ3v) is 5.03. The number of benzene rings is 2. The normalized spacial score (nSPS) is 12.2. The summed E-state index contributed by atoms with van der Waals surface area (Å²) in [5, 5.41) is 2.86. The zero-order valence-electron chi connectivity index (χ0n) is 21.2. The van der Waals surface area contributed by atoms with E-state index in [2.05, 4.69) is 17.4 Å². The Balaban J connectivity index is 1.49. The summed E-state index contributed by atoms with van der Waals surface area (Å²) >= 11 is 0. The maximum atomic E-state index is 12.0. The largest absolute Gasteiger partial charge is 0.494 e. The lowest BCUT2D eigenvalue weighted by atomic mass is 10.1. The Labute approximate surface area is 204 Å². The smallest absolute Gasteiger partial charge is 0.408 e. The van der Waals surface area contributed by atoms with Crippen LogP contribution in [0.25, 0.3) is 0 Å². The van der Waals surface area contributed by atoms with Crippen molar-refractivity contribution in [3.63, 3.8) is 0 Å². The average molecular weight is 472 g/mol. The molecule has 0 aliphatic heterocycles. The van der Waals surface area contributed by atoms with Crippen LogP contribution in [0, 0.1) is 0 Å². The standard InChI is InChI=1S/C28H41NO5/c1-23(29-27(30)34-28(2,3)4)25-15-12-16-26(21-25)33-18-11-6-5-10-17-31-19-20-32-22-24-13-8-7-9-14-24/h7-9,12-16,21,23H,5-6,10-11,17-20,22H2,1-4H3,(H,29,30)/t23-/m1/s1. The second-order valence-electron chi connectivity index (χ2n) is 9.35. The summed E-state index contributed by atoms with van der Waals surface area (Å²) in [7, 11) is 0. The number of carbonyl (C=O) groups excluding carboxylic acids is 1. The summed E-state index contributed by atoms with van der Waals surface area (Å²) in [6, 6.07) is 17.8. The Bertz CT molecular complexity index is 819. The number of rotatable bonds is 15. The van der Waals surface area contributed by atoms with Crippen molar-refractivity contribution in [3.05, 3.63) is 65.7 Å². The quantitative estimate of drug-likeness (QED) is 0.303. The summed E-state index contributed by atoms with van der Waals surface area (Å²) in [6.07, 6.45) is 3.84. The maximum Gasteiger partial charge on any atom is 0.408 e. The second kappa shape index (κ2) is 15.4. The highest BCUT2D eigenvalue weighted by atomic mass is 16.6. The van der Waals surface area contributed by atoms with Crippen LogP contribution in [-0.4, -0.2) is 38.1 Å². The van der Waals surface area contributed by atoms with Gasteiger partial charge in [0.05, 0.1) is 32.5 Å². The number of unbranched alkanes of at least 4 members (excludes halogenated alkanes) is 3. The highest BCUT2D eigenvalue weighted by Gasteiger charge is 2.18. The van der Waals surface area contributed by atoms with Gasteiger partial charge in [0.25, 0.3) is 0 Å². The van der Waals surface area contributed by atoms with Crippen LogP contribution < -0.4 is 10.1 Å². The maximum absolute atomic E-state index is 12.0. The van der Waals surface area contributed by atoms with Gasteiger partial charge in [-0.3, -0.25) is 0 Å². The van der Waals surface area contributed by atoms with E-state index in [1.807, 2.05) is 70.2 Å². The second-order valence-corrected chi connectivity index (χ2v) is 9.35. The minimum absolute atomic E-state index is 0.165. The summed E-state index contributed by atoms with van der Waals surface area (Å²) in [6.45, 7) is 10.8. The molecular formula is C28H41NO5. The van der Waals surface area contributed by atoms with Crippen molar-refractivity contribution >= 4 is 6.09 Å². The molecule has 0 radical (unpaired) electrons. The van der Waals surface area contributed by atoms with Crippen LogP contribution >= 0.6 is 0 Å². The molecule has 1 amide bonds. The van der Waals surface area contributed by atoms with E-state index in [9.17, 15) is 4.79 Å². The number of amides is 1. The molecule has 0 saturated carbocycles. The summed E-state index contributed by atoms with van der Waals surface area (Å²) in [5.74, 6) is 0.814. The minimum Gasteiger partial charge on any atom is -0.494 e. The van der Waals surface area contributed by atoms with Crippen molar-refractivity contribution < 1.29 is 23.7 Å². The SMILES string of the molecule is C[C@@H](NC(=O)OC(C)(C)C)c1cccc(OCCCCCCOCCOCc2ccccc2)c1. The van der Waals surface area contributed by atoms with Gasteiger partial charge in [-0.15, -0.1) is 0 Å². The molecule has 0 aliphatic carbocycles. The zero-order valence-corrected chi connectivity index (χ0v) is 21.2. The van der Waals surface area contributed by atoms with Crippen molar-refractivity contribution in [3.8, 4) is 5.75 Å². The van der Waals surface area contributed by atoms with E-state index in [0.29, 0.717) is 26.4 Å². The highest BCUT2D eigenvalue weighted by molar-refractivity contribution is 5.68. The average Bonchev–Trinajstić information content (AvgIpc) is 2.79. The first-order chi connectivity index (χ1) is 16.3. The van der Waals surface area contributed by atoms with E-state index < -0.39 is 11.7 Å². The minimum atomic E-state index is -0.516. The van der Waals surface area contributed by atoms with Crippen molar-refractivity contribution in [1.82, 2.24) is 5.32 Å². The molecule has 1 atom stereocenters. The molecule has 0 aliphatic rings. The monoisotopic (exact) mass is 471 g/mol. The van der Waals surface area contributed by atoms with Crippen LogP contribution in [0.5, 0.6) is 5.75 Å². The van der Waals surface area contributed by atoms with Gasteiger partial charge in [-0.2, -0.15) is 0 Å². The van der Waals surface area contributed by atoms with Crippen LogP contribution in [0.3, 0.4) is 0 Å².